The molecule has 49 heavy (non-hydrogen) atoms. The van der Waals surface area contributed by atoms with Crippen LogP contribution in [0.1, 0.15) is 0 Å². The van der Waals surface area contributed by atoms with Crippen LogP contribution in [0.25, 0.3) is 77.2 Å². The van der Waals surface area contributed by atoms with Crippen LogP contribution in [0.4, 0.5) is 0 Å². The highest BCUT2D eigenvalue weighted by Gasteiger charge is 2.30. The van der Waals surface area contributed by atoms with Crippen molar-refractivity contribution in [1.82, 2.24) is 0 Å². The summed E-state index contributed by atoms with van der Waals surface area (Å²) in [5, 5.41) is 7.35. The van der Waals surface area contributed by atoms with Crippen LogP contribution in [-0.4, -0.2) is 0 Å². The zero-order chi connectivity index (χ0) is 32.5. The van der Waals surface area contributed by atoms with Crippen molar-refractivity contribution in [3.8, 4) is 44.5 Å². The number of benzene rings is 8. The molecule has 9 aromatic rings. The van der Waals surface area contributed by atoms with Crippen molar-refractivity contribution in [1.29, 1.82) is 0 Å². The molecule has 0 saturated carbocycles. The number of furan rings is 1. The van der Waals surface area contributed by atoms with Gasteiger partial charge in [0.2, 0.25) is 0 Å². The number of para-hydroxylation sites is 1. The summed E-state index contributed by atoms with van der Waals surface area (Å²) in [5.41, 5.74) is 11.2. The van der Waals surface area contributed by atoms with Crippen LogP contribution in [0.2, 0.25) is 0 Å². The Bertz CT molecular complexity index is 2730. The fraction of sp³-hybridized carbons (Fsp3) is 0. The van der Waals surface area contributed by atoms with Crippen molar-refractivity contribution in [2.75, 3.05) is 0 Å². The molecule has 0 N–H and O–H groups in total. The first-order valence-electron chi connectivity index (χ1n) is 16.6. The van der Waals surface area contributed by atoms with Gasteiger partial charge in [-0.2, -0.15) is 0 Å². The number of hydrogen-bond donors (Lipinski definition) is 0. The molecule has 1 aliphatic carbocycles. The lowest BCUT2D eigenvalue weighted by molar-refractivity contribution is 0.592. The zero-order valence-corrected chi connectivity index (χ0v) is 27.4. The van der Waals surface area contributed by atoms with Crippen LogP contribution < -0.4 is 15.9 Å². The Morgan fingerprint density at radius 3 is 1.76 bits per heavy atom. The third-order valence-electron chi connectivity index (χ3n) is 10.1. The molecule has 3 heteroatoms. The number of fused-ring (bicyclic) bond motifs is 7. The van der Waals surface area contributed by atoms with Crippen LogP contribution in [-0.2, 0) is 4.57 Å². The van der Waals surface area contributed by atoms with Crippen molar-refractivity contribution in [2.45, 2.75) is 0 Å². The maximum atomic E-state index is 14.9. The fourth-order valence-electron chi connectivity index (χ4n) is 7.83. The fourth-order valence-corrected chi connectivity index (χ4v) is 10.5. The topological polar surface area (TPSA) is 30.2 Å². The predicted molar refractivity (Wildman–Crippen MR) is 206 cm³/mol. The highest BCUT2D eigenvalue weighted by molar-refractivity contribution is 7.85. The van der Waals surface area contributed by atoms with Gasteiger partial charge >= 0.3 is 0 Å². The van der Waals surface area contributed by atoms with Crippen LogP contribution >= 0.6 is 7.14 Å². The van der Waals surface area contributed by atoms with E-state index in [1.165, 1.54) is 38.4 Å². The van der Waals surface area contributed by atoms with Crippen LogP contribution in [0, 0.1) is 0 Å². The lowest BCUT2D eigenvalue weighted by atomic mass is 9.91. The SMILES string of the molecule is O=P(c1ccccc1)(c1ccccc1)c1ccc(-c2cccc(-c3cc4c(c5c3oc3ccccc35)-c3cccc5cccc-4c35)c2)cc1. The third-order valence-corrected chi connectivity index (χ3v) is 13.2. The van der Waals surface area contributed by atoms with Crippen molar-refractivity contribution < 1.29 is 8.98 Å². The Labute approximate surface area is 284 Å². The minimum atomic E-state index is -3.05. The second kappa shape index (κ2) is 10.8. The van der Waals surface area contributed by atoms with Gasteiger partial charge in [0.1, 0.15) is 11.2 Å². The zero-order valence-electron chi connectivity index (χ0n) is 26.5. The first kappa shape index (κ1) is 28.1. The second-order valence-electron chi connectivity index (χ2n) is 12.8. The van der Waals surface area contributed by atoms with Gasteiger partial charge in [-0.15, -0.1) is 0 Å². The highest BCUT2D eigenvalue weighted by Crippen LogP contribution is 2.54. The molecule has 0 aliphatic heterocycles. The average molecular weight is 645 g/mol. The van der Waals surface area contributed by atoms with Crippen molar-refractivity contribution in [3.05, 3.63) is 176 Å². The van der Waals surface area contributed by atoms with E-state index in [1.54, 1.807) is 0 Å². The minimum absolute atomic E-state index is 0.821. The molecular weight excluding hydrogens is 615 g/mol. The Morgan fingerprint density at radius 1 is 0.408 bits per heavy atom. The van der Waals surface area contributed by atoms with Crippen molar-refractivity contribution >= 4 is 55.8 Å². The second-order valence-corrected chi connectivity index (χ2v) is 15.5. The first-order valence-corrected chi connectivity index (χ1v) is 18.3. The summed E-state index contributed by atoms with van der Waals surface area (Å²) >= 11 is 0. The van der Waals surface area contributed by atoms with Crippen molar-refractivity contribution in [3.63, 3.8) is 0 Å². The van der Waals surface area contributed by atoms with E-state index in [0.717, 1.165) is 54.7 Å². The monoisotopic (exact) mass is 644 g/mol. The molecule has 0 radical (unpaired) electrons. The smallest absolute Gasteiger partial charge is 0.171 e. The molecule has 0 saturated heterocycles. The average Bonchev–Trinajstić information content (AvgIpc) is 3.72. The highest BCUT2D eigenvalue weighted by atomic mass is 31.2. The third kappa shape index (κ3) is 4.18. The summed E-state index contributed by atoms with van der Waals surface area (Å²) in [6.07, 6.45) is 0. The molecule has 8 aromatic carbocycles. The normalized spacial score (nSPS) is 12.2. The van der Waals surface area contributed by atoms with E-state index in [4.69, 9.17) is 4.42 Å². The molecule has 230 valence electrons. The van der Waals surface area contributed by atoms with Crippen LogP contribution in [0.15, 0.2) is 180 Å². The van der Waals surface area contributed by atoms with E-state index in [-0.39, 0.29) is 0 Å². The molecule has 1 aliphatic rings. The van der Waals surface area contributed by atoms with Gasteiger partial charge in [0, 0.05) is 37.8 Å². The summed E-state index contributed by atoms with van der Waals surface area (Å²) in [6, 6.07) is 60.5. The van der Waals surface area contributed by atoms with Gasteiger partial charge in [0.25, 0.3) is 0 Å². The maximum absolute atomic E-state index is 14.9. The van der Waals surface area contributed by atoms with E-state index in [0.29, 0.717) is 0 Å². The quantitative estimate of drug-likeness (QED) is 0.175. The van der Waals surface area contributed by atoms with E-state index in [2.05, 4.69) is 97.1 Å². The predicted octanol–water partition coefficient (Wildman–Crippen LogP) is 11.4. The summed E-state index contributed by atoms with van der Waals surface area (Å²) in [7, 11) is -3.05. The molecule has 0 unspecified atom stereocenters. The van der Waals surface area contributed by atoms with Crippen LogP contribution in [0.3, 0.4) is 0 Å². The minimum Gasteiger partial charge on any atom is -0.455 e. The largest absolute Gasteiger partial charge is 0.455 e. The molecule has 10 rings (SSSR count). The molecule has 1 heterocycles. The molecule has 0 amide bonds. The van der Waals surface area contributed by atoms with Gasteiger partial charge < -0.3 is 8.98 Å². The van der Waals surface area contributed by atoms with E-state index in [1.807, 2.05) is 78.9 Å². The van der Waals surface area contributed by atoms with Gasteiger partial charge in [-0.25, -0.2) is 0 Å². The molecule has 0 fully saturated rings. The first-order chi connectivity index (χ1) is 24.2. The Morgan fingerprint density at radius 2 is 1.02 bits per heavy atom. The molecular formula is C46H29O2P. The molecule has 0 spiro atoms. The Hall–Kier alpha value is -5.95. The van der Waals surface area contributed by atoms with E-state index in [9.17, 15) is 4.57 Å². The van der Waals surface area contributed by atoms with Gasteiger partial charge in [-0.1, -0.05) is 158 Å². The van der Waals surface area contributed by atoms with Gasteiger partial charge in [-0.3, -0.25) is 0 Å². The number of rotatable bonds is 5. The summed E-state index contributed by atoms with van der Waals surface area (Å²) in [6.45, 7) is 0. The van der Waals surface area contributed by atoms with E-state index >= 15 is 0 Å². The standard InChI is InChI=1S/C46H29O2P/c47-49(34-16-3-1-4-17-34,35-18-5-2-6-19-35)36-26-24-30(25-27-36)32-14-9-15-33(28-32)40-29-41-37-21-10-12-31-13-11-22-39(43(31)37)44(41)45-38-20-7-8-23-42(38)48-46(40)45/h1-29H. The van der Waals surface area contributed by atoms with Crippen molar-refractivity contribution in [2.24, 2.45) is 0 Å². The summed E-state index contributed by atoms with van der Waals surface area (Å²) in [4.78, 5) is 0. The van der Waals surface area contributed by atoms with Gasteiger partial charge in [0.05, 0.1) is 0 Å². The molecule has 2 nitrogen and oxygen atoms in total. The Balaban J connectivity index is 1.13. The van der Waals surface area contributed by atoms with Crippen LogP contribution in [0.5, 0.6) is 0 Å². The maximum Gasteiger partial charge on any atom is 0.171 e. The summed E-state index contributed by atoms with van der Waals surface area (Å²) in [5.74, 6) is 0. The molecule has 1 aromatic heterocycles. The summed E-state index contributed by atoms with van der Waals surface area (Å²) < 4.78 is 21.6. The molecule has 0 atom stereocenters. The molecule has 0 bridgehead atoms. The van der Waals surface area contributed by atoms with E-state index < -0.39 is 7.14 Å². The van der Waals surface area contributed by atoms with Gasteiger partial charge in [0.15, 0.2) is 7.14 Å². The lowest BCUT2D eigenvalue weighted by Crippen LogP contribution is -2.24. The van der Waals surface area contributed by atoms with Gasteiger partial charge in [-0.05, 0) is 62.4 Å². The lowest BCUT2D eigenvalue weighted by Gasteiger charge is -2.20. The number of hydrogen-bond acceptors (Lipinski definition) is 2. The Kier molecular flexibility index (Phi) is 6.19.